The van der Waals surface area contributed by atoms with Gasteiger partial charge in [-0.1, -0.05) is 67.4 Å². The molecule has 1 saturated carbocycles. The van der Waals surface area contributed by atoms with Crippen molar-refractivity contribution in [1.29, 1.82) is 0 Å². The first-order chi connectivity index (χ1) is 27.0. The molecule has 0 N–H and O–H groups in total. The molecule has 12 nitrogen and oxygen atoms in total. The van der Waals surface area contributed by atoms with Crippen LogP contribution in [0.1, 0.15) is 108 Å². The van der Waals surface area contributed by atoms with Gasteiger partial charge in [-0.3, -0.25) is 19.4 Å². The normalized spacial score (nSPS) is 17.9. The number of hydrogen-bond donors (Lipinski definition) is 0. The fourth-order valence-electron chi connectivity index (χ4n) is 6.89. The van der Waals surface area contributed by atoms with Crippen LogP contribution in [0.15, 0.2) is 36.4 Å². The van der Waals surface area contributed by atoms with Crippen LogP contribution >= 0.6 is 23.2 Å². The van der Waals surface area contributed by atoms with Gasteiger partial charge in [-0.15, -0.1) is 0 Å². The molecule has 3 heterocycles. The second-order valence-electron chi connectivity index (χ2n) is 17.0. The van der Waals surface area contributed by atoms with Gasteiger partial charge in [0.15, 0.2) is 0 Å². The summed E-state index contributed by atoms with van der Waals surface area (Å²) in [6.45, 7) is 20.2. The number of nitrogens with zero attached hydrogens (tertiary/aromatic N) is 5. The highest BCUT2D eigenvalue weighted by Gasteiger charge is 2.28. The Morgan fingerprint density at radius 1 is 0.579 bits per heavy atom. The minimum absolute atomic E-state index is 0.0666. The lowest BCUT2D eigenvalue weighted by Crippen LogP contribution is -2.49. The van der Waals surface area contributed by atoms with Crippen LogP contribution in [0, 0.1) is 0 Å². The number of hydrogen-bond acceptors (Lipinski definition) is 9. The highest BCUT2D eigenvalue weighted by Crippen LogP contribution is 2.25. The van der Waals surface area contributed by atoms with Crippen molar-refractivity contribution < 1.29 is 33.4 Å². The lowest BCUT2D eigenvalue weighted by molar-refractivity contribution is -0.120. The first-order valence-electron chi connectivity index (χ1n) is 20.4. The number of likely N-dealkylation sites (tertiary alicyclic amines) is 1. The number of halogens is 2. The smallest absolute Gasteiger partial charge is 0.410 e. The van der Waals surface area contributed by atoms with Crippen molar-refractivity contribution in [3.63, 3.8) is 0 Å². The average Bonchev–Trinajstić information content (AvgIpc) is 3.92. The van der Waals surface area contributed by atoms with E-state index in [2.05, 4.69) is 9.80 Å². The second-order valence-corrected chi connectivity index (χ2v) is 17.8. The molecule has 0 atom stereocenters. The molecule has 57 heavy (non-hydrogen) atoms. The highest BCUT2D eigenvalue weighted by molar-refractivity contribution is 6.32. The maximum atomic E-state index is 12.5. The van der Waals surface area contributed by atoms with Crippen LogP contribution in [-0.4, -0.2) is 126 Å². The fraction of sp³-hybridized carbons (Fsp3) is 0.628. The largest absolute Gasteiger partial charge is 0.444 e. The molecule has 3 amide bonds. The summed E-state index contributed by atoms with van der Waals surface area (Å²) >= 11 is 12.7. The van der Waals surface area contributed by atoms with Crippen molar-refractivity contribution in [1.82, 2.24) is 24.5 Å². The van der Waals surface area contributed by atoms with Gasteiger partial charge in [0.25, 0.3) is 12.4 Å². The Bertz CT molecular complexity index is 1610. The Labute approximate surface area is 349 Å². The van der Waals surface area contributed by atoms with E-state index in [1.807, 2.05) is 64.6 Å². The first-order valence-corrected chi connectivity index (χ1v) is 21.1. The van der Waals surface area contributed by atoms with E-state index in [4.69, 9.17) is 37.4 Å². The van der Waals surface area contributed by atoms with Crippen molar-refractivity contribution in [2.75, 3.05) is 65.4 Å². The monoisotopic (exact) mass is 831 g/mol. The molecule has 2 aromatic carbocycles. The van der Waals surface area contributed by atoms with E-state index in [9.17, 15) is 19.2 Å². The summed E-state index contributed by atoms with van der Waals surface area (Å²) in [6, 6.07) is 10.8. The lowest BCUT2D eigenvalue weighted by atomic mass is 10.1. The van der Waals surface area contributed by atoms with Gasteiger partial charge in [0, 0.05) is 94.1 Å². The van der Waals surface area contributed by atoms with Crippen LogP contribution in [0.5, 0.6) is 5.75 Å². The van der Waals surface area contributed by atoms with E-state index in [0.717, 1.165) is 63.2 Å². The van der Waals surface area contributed by atoms with Gasteiger partial charge >= 0.3 is 12.2 Å². The number of carbonyl (C=O) groups excluding carboxylic acids is 4. The van der Waals surface area contributed by atoms with Gasteiger partial charge in [0.05, 0.1) is 0 Å². The van der Waals surface area contributed by atoms with Gasteiger partial charge in [-0.2, -0.15) is 0 Å². The van der Waals surface area contributed by atoms with E-state index in [0.29, 0.717) is 67.1 Å². The maximum Gasteiger partial charge on any atom is 0.410 e. The van der Waals surface area contributed by atoms with Crippen molar-refractivity contribution >= 4 is 47.8 Å². The van der Waals surface area contributed by atoms with Crippen LogP contribution in [0.3, 0.4) is 0 Å². The van der Waals surface area contributed by atoms with E-state index >= 15 is 0 Å². The topological polar surface area (TPSA) is 112 Å². The third-order valence-electron chi connectivity index (χ3n) is 9.99. The summed E-state index contributed by atoms with van der Waals surface area (Å²) < 4.78 is 15.6. The van der Waals surface area contributed by atoms with Crippen LogP contribution in [0.4, 0.5) is 9.59 Å². The third kappa shape index (κ3) is 15.9. The zero-order valence-electron chi connectivity index (χ0n) is 34.8. The average molecular weight is 833 g/mol. The van der Waals surface area contributed by atoms with Crippen molar-refractivity contribution in [3.05, 3.63) is 63.1 Å². The van der Waals surface area contributed by atoms with Crippen molar-refractivity contribution in [3.8, 4) is 5.75 Å². The van der Waals surface area contributed by atoms with Gasteiger partial charge in [0.1, 0.15) is 17.0 Å². The van der Waals surface area contributed by atoms with Gasteiger partial charge in [-0.05, 0) is 89.8 Å². The number of amides is 3. The molecular weight excluding hydrogens is 769 g/mol. The zero-order valence-corrected chi connectivity index (χ0v) is 36.3. The first kappa shape index (κ1) is 46.1. The Hall–Kier alpha value is -3.58. The van der Waals surface area contributed by atoms with Gasteiger partial charge in [-0.25, -0.2) is 9.59 Å². The molecule has 6 rings (SSSR count). The number of carbonyl (C=O) groups is 4. The SMILES string of the molecule is C1CCCC1.CC(C)(C)OC(=O)N1CCN(Cc2ccc(C(=O)N3CCCC3)cc2Cl)CC1.CC(C)(C)OC(=O)N1CCN(Cc2ccc(OC=O)cc2Cl)CC1. The minimum Gasteiger partial charge on any atom is -0.444 e. The standard InChI is InChI=1S/C21H30ClN3O3.C17H23ClN2O4.C5H10/c1-21(2,3)28-20(27)25-12-10-23(11-13-25)15-17-7-6-16(14-18(17)22)19(26)24-8-4-5-9-24;1-17(2,3)24-16(22)20-8-6-19(7-9-20)11-13-4-5-14(23-12-21)10-15(13)18;1-2-4-5-3-1/h6-7,14H,4-5,8-13,15H2,1-3H3;4-5,10,12H,6-9,11H2,1-3H3;1-5H2. The summed E-state index contributed by atoms with van der Waals surface area (Å²) in [5.41, 5.74) is 1.67. The number of piperazine rings is 2. The molecule has 1 aliphatic carbocycles. The molecule has 0 aromatic heterocycles. The summed E-state index contributed by atoms with van der Waals surface area (Å²) in [7, 11) is 0. The fourth-order valence-corrected chi connectivity index (χ4v) is 7.36. The molecule has 14 heteroatoms. The van der Waals surface area contributed by atoms with E-state index in [-0.39, 0.29) is 18.1 Å². The predicted octanol–water partition coefficient (Wildman–Crippen LogP) is 8.51. The quantitative estimate of drug-likeness (QED) is 0.254. The Kier molecular flexibility index (Phi) is 17.8. The molecule has 0 unspecified atom stereocenters. The van der Waals surface area contributed by atoms with E-state index in [1.165, 1.54) is 32.1 Å². The maximum absolute atomic E-state index is 12.5. The Balaban J connectivity index is 0.000000227. The predicted molar refractivity (Wildman–Crippen MR) is 224 cm³/mol. The lowest BCUT2D eigenvalue weighted by Gasteiger charge is -2.35. The van der Waals surface area contributed by atoms with Crippen LogP contribution < -0.4 is 4.74 Å². The molecule has 3 aliphatic heterocycles. The summed E-state index contributed by atoms with van der Waals surface area (Å²) in [5.74, 6) is 0.491. The molecule has 0 radical (unpaired) electrons. The summed E-state index contributed by atoms with van der Waals surface area (Å²) in [5, 5.41) is 1.18. The Morgan fingerprint density at radius 2 is 1.00 bits per heavy atom. The molecule has 2 aromatic rings. The second kappa shape index (κ2) is 22.0. The highest BCUT2D eigenvalue weighted by atomic mass is 35.5. The van der Waals surface area contributed by atoms with Gasteiger partial charge < -0.3 is 28.9 Å². The van der Waals surface area contributed by atoms with Crippen LogP contribution in [-0.2, 0) is 27.4 Å². The molecule has 3 saturated heterocycles. The molecule has 4 fully saturated rings. The van der Waals surface area contributed by atoms with E-state index in [1.54, 1.807) is 28.0 Å². The molecule has 4 aliphatic rings. The van der Waals surface area contributed by atoms with Crippen LogP contribution in [0.25, 0.3) is 0 Å². The van der Waals surface area contributed by atoms with Gasteiger partial charge in [0.2, 0.25) is 0 Å². The number of rotatable bonds is 7. The number of ether oxygens (including phenoxy) is 3. The zero-order chi connectivity index (χ0) is 41.6. The van der Waals surface area contributed by atoms with E-state index < -0.39 is 11.2 Å². The summed E-state index contributed by atoms with van der Waals surface area (Å²) in [6.07, 6.45) is 9.13. The Morgan fingerprint density at radius 3 is 1.39 bits per heavy atom. The number of benzene rings is 2. The molecular formula is C43H63Cl2N5O7. The van der Waals surface area contributed by atoms with Crippen molar-refractivity contribution in [2.24, 2.45) is 0 Å². The molecule has 0 bridgehead atoms. The molecule has 316 valence electrons. The summed E-state index contributed by atoms with van der Waals surface area (Å²) in [4.78, 5) is 56.9. The third-order valence-corrected chi connectivity index (χ3v) is 10.7. The van der Waals surface area contributed by atoms with Crippen LogP contribution in [0.2, 0.25) is 10.0 Å². The van der Waals surface area contributed by atoms with Crippen molar-refractivity contribution in [2.45, 2.75) is 111 Å². The molecule has 0 spiro atoms. The minimum atomic E-state index is -0.479.